The zero-order chi connectivity index (χ0) is 9.84. The van der Waals surface area contributed by atoms with Crippen LogP contribution in [0.5, 0.6) is 5.75 Å². The Morgan fingerprint density at radius 2 is 2.23 bits per heavy atom. The highest BCUT2D eigenvalue weighted by Gasteiger charge is 2.14. The SMILES string of the molecule is CCC[S+]([O-])c1cc(O)ccc1Cl. The normalized spacial score (nSPS) is 12.8. The number of halogens is 1. The van der Waals surface area contributed by atoms with Crippen molar-refractivity contribution in [3.8, 4) is 5.75 Å². The molecule has 0 amide bonds. The van der Waals surface area contributed by atoms with Gasteiger partial charge in [-0.2, -0.15) is 0 Å². The minimum Gasteiger partial charge on any atom is -0.611 e. The molecular formula is C9H11ClO2S. The number of aromatic hydroxyl groups is 1. The Balaban J connectivity index is 2.91. The van der Waals surface area contributed by atoms with Gasteiger partial charge in [-0.3, -0.25) is 0 Å². The first-order chi connectivity index (χ1) is 6.15. The van der Waals surface area contributed by atoms with E-state index in [1.165, 1.54) is 12.1 Å². The van der Waals surface area contributed by atoms with Crippen LogP contribution in [0.1, 0.15) is 13.3 Å². The lowest BCUT2D eigenvalue weighted by molar-refractivity contribution is 0.473. The Hall–Kier alpha value is -0.380. The topological polar surface area (TPSA) is 43.3 Å². The van der Waals surface area contributed by atoms with Gasteiger partial charge in [0.25, 0.3) is 0 Å². The van der Waals surface area contributed by atoms with E-state index >= 15 is 0 Å². The minimum absolute atomic E-state index is 0.101. The van der Waals surface area contributed by atoms with E-state index in [9.17, 15) is 4.55 Å². The van der Waals surface area contributed by atoms with Crippen molar-refractivity contribution in [1.82, 2.24) is 0 Å². The number of phenolic OH excluding ortho intramolecular Hbond substituents is 1. The van der Waals surface area contributed by atoms with Gasteiger partial charge in [-0.1, -0.05) is 18.5 Å². The van der Waals surface area contributed by atoms with Crippen LogP contribution in [0.3, 0.4) is 0 Å². The second kappa shape index (κ2) is 4.74. The fourth-order valence-corrected chi connectivity index (χ4v) is 2.47. The van der Waals surface area contributed by atoms with Gasteiger partial charge in [0.05, 0.1) is 5.02 Å². The van der Waals surface area contributed by atoms with Crippen molar-refractivity contribution in [2.45, 2.75) is 18.2 Å². The van der Waals surface area contributed by atoms with E-state index in [1.54, 1.807) is 6.07 Å². The molecule has 4 heteroatoms. The summed E-state index contributed by atoms with van der Waals surface area (Å²) in [4.78, 5) is 0.517. The molecule has 0 spiro atoms. The summed E-state index contributed by atoms with van der Waals surface area (Å²) >= 11 is 4.73. The van der Waals surface area contributed by atoms with Crippen LogP contribution < -0.4 is 0 Å². The van der Waals surface area contributed by atoms with Crippen molar-refractivity contribution in [3.63, 3.8) is 0 Å². The summed E-state index contributed by atoms with van der Waals surface area (Å²) in [5.41, 5.74) is 0. The maximum atomic E-state index is 11.5. The number of phenols is 1. The highest BCUT2D eigenvalue weighted by Crippen LogP contribution is 2.26. The number of benzene rings is 1. The van der Waals surface area contributed by atoms with Crippen molar-refractivity contribution >= 4 is 22.8 Å². The number of hydrogen-bond acceptors (Lipinski definition) is 2. The Labute approximate surface area is 85.7 Å². The zero-order valence-corrected chi connectivity index (χ0v) is 8.86. The monoisotopic (exact) mass is 218 g/mol. The molecule has 0 saturated carbocycles. The van der Waals surface area contributed by atoms with Crippen LogP contribution in [0.15, 0.2) is 23.1 Å². The second-order valence-corrected chi connectivity index (χ2v) is 4.61. The first-order valence-electron chi connectivity index (χ1n) is 4.02. The van der Waals surface area contributed by atoms with Crippen molar-refractivity contribution in [2.24, 2.45) is 0 Å². The highest BCUT2D eigenvalue weighted by molar-refractivity contribution is 7.91. The molecule has 72 valence electrons. The van der Waals surface area contributed by atoms with E-state index in [-0.39, 0.29) is 5.75 Å². The lowest BCUT2D eigenvalue weighted by atomic mass is 10.3. The van der Waals surface area contributed by atoms with Crippen LogP contribution in [0.4, 0.5) is 0 Å². The molecule has 1 aromatic rings. The Morgan fingerprint density at radius 3 is 2.85 bits per heavy atom. The lowest BCUT2D eigenvalue weighted by Crippen LogP contribution is -2.06. The van der Waals surface area contributed by atoms with E-state index < -0.39 is 11.2 Å². The quantitative estimate of drug-likeness (QED) is 0.793. The average Bonchev–Trinajstić information content (AvgIpc) is 2.09. The van der Waals surface area contributed by atoms with Gasteiger partial charge in [-0.25, -0.2) is 0 Å². The van der Waals surface area contributed by atoms with Gasteiger partial charge in [0.2, 0.25) is 0 Å². The summed E-state index contributed by atoms with van der Waals surface area (Å²) in [7, 11) is 0. The van der Waals surface area contributed by atoms with E-state index in [4.69, 9.17) is 16.7 Å². The van der Waals surface area contributed by atoms with E-state index in [2.05, 4.69) is 0 Å². The van der Waals surface area contributed by atoms with Crippen LogP contribution >= 0.6 is 11.6 Å². The molecule has 1 aromatic carbocycles. The van der Waals surface area contributed by atoms with E-state index in [0.717, 1.165) is 6.42 Å². The van der Waals surface area contributed by atoms with Gasteiger partial charge in [0.1, 0.15) is 11.5 Å². The van der Waals surface area contributed by atoms with Gasteiger partial charge in [0, 0.05) is 6.07 Å². The minimum atomic E-state index is -1.10. The summed E-state index contributed by atoms with van der Waals surface area (Å²) in [6, 6.07) is 4.49. The molecule has 0 saturated heterocycles. The first-order valence-corrected chi connectivity index (χ1v) is 5.71. The molecule has 0 aliphatic rings. The summed E-state index contributed by atoms with van der Waals surface area (Å²) in [6.07, 6.45) is 0.832. The van der Waals surface area contributed by atoms with E-state index in [1.807, 2.05) is 6.92 Å². The zero-order valence-electron chi connectivity index (χ0n) is 7.29. The van der Waals surface area contributed by atoms with Gasteiger partial charge in [0.15, 0.2) is 4.90 Å². The third-order valence-corrected chi connectivity index (χ3v) is 3.60. The van der Waals surface area contributed by atoms with Crippen LogP contribution in [0.2, 0.25) is 5.02 Å². The second-order valence-electron chi connectivity index (χ2n) is 2.66. The molecule has 0 radical (unpaired) electrons. The fraction of sp³-hybridized carbons (Fsp3) is 0.333. The van der Waals surface area contributed by atoms with Crippen LogP contribution in [-0.2, 0) is 11.2 Å². The highest BCUT2D eigenvalue weighted by atomic mass is 35.5. The fourth-order valence-electron chi connectivity index (χ4n) is 0.962. The molecule has 0 heterocycles. The molecule has 1 N–H and O–H groups in total. The molecule has 0 aromatic heterocycles. The third kappa shape index (κ3) is 2.79. The van der Waals surface area contributed by atoms with Crippen LogP contribution in [0, 0.1) is 0 Å². The van der Waals surface area contributed by atoms with Crippen LogP contribution in [-0.4, -0.2) is 15.4 Å². The van der Waals surface area contributed by atoms with Gasteiger partial charge in [-0.05, 0) is 29.7 Å². The summed E-state index contributed by atoms with van der Waals surface area (Å²) < 4.78 is 11.5. The largest absolute Gasteiger partial charge is 0.611 e. The number of hydrogen-bond donors (Lipinski definition) is 1. The predicted molar refractivity (Wildman–Crippen MR) is 54.7 cm³/mol. The van der Waals surface area contributed by atoms with Gasteiger partial charge in [-0.15, -0.1) is 0 Å². The molecule has 1 rings (SSSR count). The molecule has 0 bridgehead atoms. The lowest BCUT2D eigenvalue weighted by Gasteiger charge is -2.10. The molecular weight excluding hydrogens is 208 g/mol. The smallest absolute Gasteiger partial charge is 0.174 e. The number of rotatable bonds is 3. The summed E-state index contributed by atoms with van der Waals surface area (Å²) in [5.74, 6) is 0.673. The van der Waals surface area contributed by atoms with Crippen molar-refractivity contribution in [2.75, 3.05) is 5.75 Å². The maximum absolute atomic E-state index is 11.5. The average molecular weight is 219 g/mol. The standard InChI is InChI=1S/C9H11ClO2S/c1-2-5-13(12)9-6-7(11)3-4-8(9)10/h3-4,6,11H,2,5H2,1H3. The van der Waals surface area contributed by atoms with Crippen molar-refractivity contribution < 1.29 is 9.66 Å². The first kappa shape index (κ1) is 10.7. The Morgan fingerprint density at radius 1 is 1.54 bits per heavy atom. The molecule has 2 nitrogen and oxygen atoms in total. The molecule has 13 heavy (non-hydrogen) atoms. The molecule has 1 unspecified atom stereocenters. The summed E-state index contributed by atoms with van der Waals surface area (Å²) in [6.45, 7) is 1.95. The van der Waals surface area contributed by atoms with Crippen LogP contribution in [0.25, 0.3) is 0 Å². The van der Waals surface area contributed by atoms with Crippen molar-refractivity contribution in [3.05, 3.63) is 23.2 Å². The summed E-state index contributed by atoms with van der Waals surface area (Å²) in [5, 5.41) is 9.61. The third-order valence-electron chi connectivity index (χ3n) is 1.55. The molecule has 1 atom stereocenters. The molecule has 0 aliphatic carbocycles. The molecule has 0 aliphatic heterocycles. The van der Waals surface area contributed by atoms with Gasteiger partial charge >= 0.3 is 0 Å². The Kier molecular flexibility index (Phi) is 3.90. The van der Waals surface area contributed by atoms with Gasteiger partial charge < -0.3 is 9.66 Å². The molecule has 0 fully saturated rings. The van der Waals surface area contributed by atoms with E-state index in [0.29, 0.717) is 15.7 Å². The Bertz CT molecular complexity index is 291. The predicted octanol–water partition coefficient (Wildman–Crippen LogP) is 2.56. The maximum Gasteiger partial charge on any atom is 0.174 e. The van der Waals surface area contributed by atoms with Crippen molar-refractivity contribution in [1.29, 1.82) is 0 Å².